The van der Waals surface area contributed by atoms with Crippen molar-refractivity contribution in [1.29, 1.82) is 0 Å². The number of hydrogen-bond acceptors (Lipinski definition) is 13. The Hall–Kier alpha value is -3.44. The van der Waals surface area contributed by atoms with Crippen LogP contribution in [0.3, 0.4) is 0 Å². The molecule has 0 saturated heterocycles. The van der Waals surface area contributed by atoms with E-state index in [9.17, 15) is 9.59 Å². The Morgan fingerprint density at radius 2 is 0.849 bits per heavy atom. The van der Waals surface area contributed by atoms with E-state index in [1.54, 1.807) is 6.92 Å². The third kappa shape index (κ3) is 19.5. The molecule has 1 amide bonds. The van der Waals surface area contributed by atoms with Crippen LogP contribution in [0, 0.1) is 0 Å². The number of benzene rings is 2. The average Bonchev–Trinajstić information content (AvgIpc) is 3.49. The summed E-state index contributed by atoms with van der Waals surface area (Å²) in [6, 6.07) is 16.5. The Morgan fingerprint density at radius 3 is 1.23 bits per heavy atom. The number of nitrogens with one attached hydrogen (secondary N) is 1. The van der Waals surface area contributed by atoms with Gasteiger partial charge in [0.25, 0.3) is 0 Å². The first-order valence-corrected chi connectivity index (χ1v) is 18.2. The molecule has 0 aromatic heterocycles. The van der Waals surface area contributed by atoms with E-state index in [0.29, 0.717) is 131 Å². The molecule has 53 heavy (non-hydrogen) atoms. The Balaban J connectivity index is 0.960. The second-order valence-corrected chi connectivity index (χ2v) is 11.7. The highest BCUT2D eigenvalue weighted by Crippen LogP contribution is 2.44. The van der Waals surface area contributed by atoms with Crippen molar-refractivity contribution in [2.24, 2.45) is 0 Å². The molecule has 0 radical (unpaired) electrons. The van der Waals surface area contributed by atoms with E-state index in [1.165, 1.54) is 22.3 Å². The molecule has 14 nitrogen and oxygen atoms in total. The number of ether oxygens (including phenoxy) is 11. The predicted octanol–water partition coefficient (Wildman–Crippen LogP) is 3.79. The van der Waals surface area contributed by atoms with Crippen molar-refractivity contribution in [1.82, 2.24) is 5.32 Å². The zero-order chi connectivity index (χ0) is 37.6. The number of rotatable bonds is 33. The van der Waals surface area contributed by atoms with E-state index in [-0.39, 0.29) is 19.1 Å². The Morgan fingerprint density at radius 1 is 0.509 bits per heavy atom. The van der Waals surface area contributed by atoms with Crippen molar-refractivity contribution in [3.8, 4) is 11.1 Å². The zero-order valence-electron chi connectivity index (χ0n) is 31.1. The summed E-state index contributed by atoms with van der Waals surface area (Å²) in [6.45, 7) is 14.0. The molecule has 0 saturated carbocycles. The summed E-state index contributed by atoms with van der Waals surface area (Å²) in [6.07, 6.45) is -0.456. The largest absolute Gasteiger partial charge is 0.460 e. The van der Waals surface area contributed by atoms with Crippen molar-refractivity contribution in [2.75, 3.05) is 139 Å². The van der Waals surface area contributed by atoms with Crippen LogP contribution in [-0.2, 0) is 56.9 Å². The number of carbonyl (C=O) groups is 2. The molecule has 296 valence electrons. The smallest absolute Gasteiger partial charge is 0.407 e. The molecule has 1 aliphatic carbocycles. The van der Waals surface area contributed by atoms with E-state index in [0.717, 1.165) is 0 Å². The van der Waals surface area contributed by atoms with Crippen molar-refractivity contribution in [3.63, 3.8) is 0 Å². The van der Waals surface area contributed by atoms with Crippen molar-refractivity contribution in [2.45, 2.75) is 12.8 Å². The summed E-state index contributed by atoms with van der Waals surface area (Å²) >= 11 is 0. The fourth-order valence-corrected chi connectivity index (χ4v) is 5.05. The topological polar surface area (TPSA) is 148 Å². The van der Waals surface area contributed by atoms with Crippen LogP contribution in [0.5, 0.6) is 0 Å². The summed E-state index contributed by atoms with van der Waals surface area (Å²) in [4.78, 5) is 23.4. The van der Waals surface area contributed by atoms with Crippen LogP contribution >= 0.6 is 0 Å². The lowest BCUT2D eigenvalue weighted by Gasteiger charge is -2.14. The van der Waals surface area contributed by atoms with Crippen LogP contribution in [0.25, 0.3) is 11.1 Å². The highest BCUT2D eigenvalue weighted by atomic mass is 16.6. The molecule has 2 aromatic rings. The van der Waals surface area contributed by atoms with Crippen LogP contribution in [0.4, 0.5) is 4.79 Å². The van der Waals surface area contributed by atoms with Gasteiger partial charge in [-0.15, -0.1) is 0 Å². The maximum absolute atomic E-state index is 12.2. The van der Waals surface area contributed by atoms with Crippen LogP contribution in [0.2, 0.25) is 0 Å². The van der Waals surface area contributed by atoms with Crippen molar-refractivity contribution < 1.29 is 61.7 Å². The lowest BCUT2D eigenvalue weighted by molar-refractivity contribution is -0.140. The van der Waals surface area contributed by atoms with Gasteiger partial charge in [0, 0.05) is 18.0 Å². The molecule has 0 fully saturated rings. The standard InChI is InChI=1S/C39H57NO13/c1-32(2)38(41)52-30-29-51-28-27-50-26-25-49-24-23-48-22-21-47-20-19-46-18-17-45-16-15-44-14-13-43-12-11-40-39(42)53-31-37-35-9-5-3-7-33(35)34-8-4-6-10-36(34)37/h3-10,37H,1,11-31H2,2H3,(H,40,42). The maximum Gasteiger partial charge on any atom is 0.407 e. The molecule has 0 spiro atoms. The van der Waals surface area contributed by atoms with Gasteiger partial charge in [-0.3, -0.25) is 0 Å². The van der Waals surface area contributed by atoms with Gasteiger partial charge < -0.3 is 57.4 Å². The molecule has 0 heterocycles. The number of fused-ring (bicyclic) bond motifs is 3. The van der Waals surface area contributed by atoms with Gasteiger partial charge in [0.1, 0.15) is 13.2 Å². The first-order valence-electron chi connectivity index (χ1n) is 18.2. The second-order valence-electron chi connectivity index (χ2n) is 11.7. The van der Waals surface area contributed by atoms with Gasteiger partial charge in [-0.05, 0) is 29.2 Å². The number of carbonyl (C=O) groups excluding carboxylic acids is 2. The molecule has 0 aliphatic heterocycles. The Bertz CT molecular complexity index is 1250. The van der Waals surface area contributed by atoms with E-state index in [4.69, 9.17) is 52.1 Å². The van der Waals surface area contributed by atoms with Crippen LogP contribution < -0.4 is 5.32 Å². The summed E-state index contributed by atoms with van der Waals surface area (Å²) in [5.41, 5.74) is 5.13. The lowest BCUT2D eigenvalue weighted by Crippen LogP contribution is -2.29. The molecular weight excluding hydrogens is 690 g/mol. The summed E-state index contributed by atoms with van der Waals surface area (Å²) in [5.74, 6) is -0.384. The highest BCUT2D eigenvalue weighted by molar-refractivity contribution is 5.86. The van der Waals surface area contributed by atoms with Crippen LogP contribution in [0.1, 0.15) is 24.0 Å². The summed E-state index contributed by atoms with van der Waals surface area (Å²) in [5, 5.41) is 2.74. The first kappa shape index (κ1) is 44.0. The Labute approximate surface area is 313 Å². The molecule has 1 N–H and O–H groups in total. The molecule has 0 bridgehead atoms. The van der Waals surface area contributed by atoms with Crippen LogP contribution in [-0.4, -0.2) is 151 Å². The van der Waals surface area contributed by atoms with Gasteiger partial charge >= 0.3 is 12.1 Å². The first-order chi connectivity index (χ1) is 26.1. The number of alkyl carbamates (subject to hydrolysis) is 1. The van der Waals surface area contributed by atoms with Gasteiger partial charge in [-0.25, -0.2) is 9.59 Å². The van der Waals surface area contributed by atoms with E-state index < -0.39 is 12.1 Å². The summed E-state index contributed by atoms with van der Waals surface area (Å²) < 4.78 is 59.6. The Kier molecular flexibility index (Phi) is 24.0. The van der Waals surface area contributed by atoms with E-state index in [2.05, 4.69) is 36.2 Å². The normalized spacial score (nSPS) is 12.0. The quantitative estimate of drug-likeness (QED) is 0.0642. The van der Waals surface area contributed by atoms with Crippen LogP contribution in [0.15, 0.2) is 60.7 Å². The minimum absolute atomic E-state index is 0.0335. The molecule has 0 atom stereocenters. The minimum atomic E-state index is -0.456. The van der Waals surface area contributed by atoms with Gasteiger partial charge in [0.05, 0.1) is 119 Å². The number of esters is 1. The second kappa shape index (κ2) is 29.0. The van der Waals surface area contributed by atoms with Gasteiger partial charge in [-0.1, -0.05) is 55.1 Å². The predicted molar refractivity (Wildman–Crippen MR) is 196 cm³/mol. The number of hydrogen-bond donors (Lipinski definition) is 1. The third-order valence-electron chi connectivity index (χ3n) is 7.64. The molecule has 14 heteroatoms. The van der Waals surface area contributed by atoms with E-state index in [1.807, 2.05) is 24.3 Å². The SMILES string of the molecule is C=C(C)C(=O)OCCOCCOCCOCCOCCOCCOCCOCCOCCOCCNC(=O)OCC1c2ccccc2-c2ccccc21. The van der Waals surface area contributed by atoms with Gasteiger partial charge in [0.2, 0.25) is 0 Å². The van der Waals surface area contributed by atoms with Gasteiger partial charge in [-0.2, -0.15) is 0 Å². The highest BCUT2D eigenvalue weighted by Gasteiger charge is 2.28. The molecule has 2 aromatic carbocycles. The fourth-order valence-electron chi connectivity index (χ4n) is 5.05. The average molecular weight is 748 g/mol. The minimum Gasteiger partial charge on any atom is -0.460 e. The molecule has 3 rings (SSSR count). The van der Waals surface area contributed by atoms with Gasteiger partial charge in [0.15, 0.2) is 0 Å². The fraction of sp³-hybridized carbons (Fsp3) is 0.590. The molecular formula is C39H57NO13. The lowest BCUT2D eigenvalue weighted by atomic mass is 9.98. The van der Waals surface area contributed by atoms with E-state index >= 15 is 0 Å². The van der Waals surface area contributed by atoms with Crippen molar-refractivity contribution >= 4 is 12.1 Å². The summed E-state index contributed by atoms with van der Waals surface area (Å²) in [7, 11) is 0. The zero-order valence-corrected chi connectivity index (χ0v) is 31.1. The number of amides is 1. The monoisotopic (exact) mass is 747 g/mol. The molecule has 1 aliphatic rings. The molecule has 0 unspecified atom stereocenters. The maximum atomic E-state index is 12.2. The third-order valence-corrected chi connectivity index (χ3v) is 7.64. The van der Waals surface area contributed by atoms with Crippen molar-refractivity contribution in [3.05, 3.63) is 71.8 Å².